The zero-order valence-electron chi connectivity index (χ0n) is 16.3. The average Bonchev–Trinajstić information content (AvgIpc) is 3.03. The van der Waals surface area contributed by atoms with Crippen LogP contribution in [-0.2, 0) is 15.1 Å². The second-order valence-corrected chi connectivity index (χ2v) is 7.51. The van der Waals surface area contributed by atoms with Crippen LogP contribution in [0.5, 0.6) is 5.75 Å². The summed E-state index contributed by atoms with van der Waals surface area (Å²) in [5, 5.41) is 24.6. The predicted octanol–water partition coefficient (Wildman–Crippen LogP) is 2.75. The lowest BCUT2D eigenvalue weighted by molar-refractivity contribution is -0.196. The fourth-order valence-electron chi connectivity index (χ4n) is 4.42. The van der Waals surface area contributed by atoms with Crippen molar-refractivity contribution >= 4 is 5.91 Å². The first-order valence-corrected chi connectivity index (χ1v) is 9.40. The molecule has 0 saturated carbocycles. The van der Waals surface area contributed by atoms with Crippen molar-refractivity contribution in [3.8, 4) is 11.8 Å². The summed E-state index contributed by atoms with van der Waals surface area (Å²) in [7, 11) is 1.59. The third kappa shape index (κ3) is 2.82. The zero-order valence-corrected chi connectivity index (χ0v) is 16.3. The Bertz CT molecular complexity index is 998. The van der Waals surface area contributed by atoms with E-state index in [1.807, 2.05) is 42.5 Å². The highest BCUT2D eigenvalue weighted by molar-refractivity contribution is 5.74. The van der Waals surface area contributed by atoms with E-state index in [1.165, 1.54) is 6.92 Å². The van der Waals surface area contributed by atoms with E-state index in [0.717, 1.165) is 5.56 Å². The number of benzene rings is 2. The molecule has 6 nitrogen and oxygen atoms in total. The van der Waals surface area contributed by atoms with Gasteiger partial charge in [-0.25, -0.2) is 0 Å². The highest BCUT2D eigenvalue weighted by Gasteiger charge is 2.67. The molecule has 0 spiro atoms. The van der Waals surface area contributed by atoms with Crippen molar-refractivity contribution in [2.45, 2.75) is 36.2 Å². The van der Waals surface area contributed by atoms with Crippen molar-refractivity contribution in [1.82, 2.24) is 5.32 Å². The molecule has 29 heavy (non-hydrogen) atoms. The summed E-state index contributed by atoms with van der Waals surface area (Å²) < 4.78 is 11.5. The quantitative estimate of drug-likeness (QED) is 0.784. The van der Waals surface area contributed by atoms with Crippen molar-refractivity contribution in [2.75, 3.05) is 7.11 Å². The third-order valence-electron chi connectivity index (χ3n) is 5.82. The van der Waals surface area contributed by atoms with Crippen molar-refractivity contribution in [1.29, 1.82) is 5.26 Å². The highest BCUT2D eigenvalue weighted by Crippen LogP contribution is 2.57. The molecule has 148 valence electrons. The van der Waals surface area contributed by atoms with E-state index >= 15 is 0 Å². The van der Waals surface area contributed by atoms with E-state index in [0.29, 0.717) is 11.3 Å². The summed E-state index contributed by atoms with van der Waals surface area (Å²) in [4.78, 5) is 12.1. The van der Waals surface area contributed by atoms with Gasteiger partial charge < -0.3 is 19.9 Å². The van der Waals surface area contributed by atoms with Crippen LogP contribution in [0.15, 0.2) is 66.7 Å². The molecule has 2 aromatic rings. The largest absolute Gasteiger partial charge is 0.497 e. The standard InChI is InChI=1S/C23H22N2O4/c1-16(26)25-23-14-20(17-8-10-19(28-2)11-9-17)21(15-24,29-23)12-13-22(23,27)18-6-4-3-5-7-18/h3-13,20,27H,14H2,1-2H3,(H,25,26)/t20-,21-,22-,23+/m0/s1. The third-order valence-corrected chi connectivity index (χ3v) is 5.82. The van der Waals surface area contributed by atoms with E-state index in [9.17, 15) is 15.2 Å². The highest BCUT2D eigenvalue weighted by atomic mass is 16.6. The first kappa shape index (κ1) is 19.2. The maximum absolute atomic E-state index is 12.1. The van der Waals surface area contributed by atoms with Gasteiger partial charge in [0.15, 0.2) is 16.9 Å². The molecule has 0 radical (unpaired) electrons. The van der Waals surface area contributed by atoms with Gasteiger partial charge in [0.25, 0.3) is 0 Å². The molecule has 2 aromatic carbocycles. The van der Waals surface area contributed by atoms with Crippen LogP contribution in [0.3, 0.4) is 0 Å². The maximum Gasteiger partial charge on any atom is 0.219 e. The molecule has 4 rings (SSSR count). The number of nitrogens with zero attached hydrogens (tertiary/aromatic N) is 1. The van der Waals surface area contributed by atoms with Crippen molar-refractivity contribution < 1.29 is 19.4 Å². The Kier molecular flexibility index (Phi) is 4.45. The number of nitrogens with one attached hydrogen (secondary N) is 1. The van der Waals surface area contributed by atoms with Gasteiger partial charge in [-0.3, -0.25) is 4.79 Å². The van der Waals surface area contributed by atoms with Gasteiger partial charge in [-0.05, 0) is 35.4 Å². The van der Waals surface area contributed by atoms with Gasteiger partial charge in [0.1, 0.15) is 11.8 Å². The van der Waals surface area contributed by atoms with E-state index in [-0.39, 0.29) is 18.2 Å². The molecule has 0 unspecified atom stereocenters. The first-order valence-electron chi connectivity index (χ1n) is 9.40. The number of aliphatic hydroxyl groups is 1. The van der Waals surface area contributed by atoms with Gasteiger partial charge in [-0.15, -0.1) is 0 Å². The molecule has 6 heteroatoms. The SMILES string of the molecule is COc1ccc([C@@H]2C[C@@]3(NC(C)=O)O[C@]2(C#N)C=C[C@]3(O)c2ccccc2)cc1. The van der Waals surface area contributed by atoms with Gasteiger partial charge >= 0.3 is 0 Å². The number of rotatable bonds is 4. The minimum absolute atomic E-state index is 0.227. The van der Waals surface area contributed by atoms with Gasteiger partial charge in [0, 0.05) is 19.3 Å². The summed E-state index contributed by atoms with van der Waals surface area (Å²) >= 11 is 0. The summed E-state index contributed by atoms with van der Waals surface area (Å²) in [6.07, 6.45) is 3.42. The van der Waals surface area contributed by atoms with Crippen LogP contribution in [0.4, 0.5) is 0 Å². The molecular formula is C23H22N2O4. The number of methoxy groups -OCH3 is 1. The van der Waals surface area contributed by atoms with Gasteiger partial charge in [-0.1, -0.05) is 42.5 Å². The molecular weight excluding hydrogens is 368 g/mol. The topological polar surface area (TPSA) is 91.6 Å². The second kappa shape index (κ2) is 6.73. The van der Waals surface area contributed by atoms with Crippen molar-refractivity contribution in [3.63, 3.8) is 0 Å². The lowest BCUT2D eigenvalue weighted by atomic mass is 9.79. The van der Waals surface area contributed by atoms with Crippen LogP contribution >= 0.6 is 0 Å². The Balaban J connectivity index is 1.86. The molecule has 2 aliphatic heterocycles. The minimum atomic E-state index is -1.62. The van der Waals surface area contributed by atoms with Crippen molar-refractivity contribution in [3.05, 3.63) is 77.9 Å². The van der Waals surface area contributed by atoms with E-state index in [4.69, 9.17) is 9.47 Å². The Hall–Kier alpha value is -3.14. The molecule has 0 aromatic heterocycles. The smallest absolute Gasteiger partial charge is 0.219 e. The molecule has 0 aliphatic carbocycles. The molecule has 2 aliphatic rings. The number of amides is 1. The molecule has 4 atom stereocenters. The lowest BCUT2D eigenvalue weighted by Crippen LogP contribution is -2.63. The van der Waals surface area contributed by atoms with E-state index in [2.05, 4.69) is 11.4 Å². The van der Waals surface area contributed by atoms with Crippen LogP contribution in [0.25, 0.3) is 0 Å². The Morgan fingerprint density at radius 2 is 1.90 bits per heavy atom. The Morgan fingerprint density at radius 3 is 2.48 bits per heavy atom. The zero-order chi connectivity index (χ0) is 20.7. The Morgan fingerprint density at radius 1 is 1.21 bits per heavy atom. The summed E-state index contributed by atoms with van der Waals surface area (Å²) in [5.74, 6) is -0.0364. The van der Waals surface area contributed by atoms with Gasteiger partial charge in [-0.2, -0.15) is 5.26 Å². The number of fused-ring (bicyclic) bond motifs is 2. The Labute approximate surface area is 169 Å². The molecule has 2 heterocycles. The van der Waals surface area contributed by atoms with Crippen molar-refractivity contribution in [2.24, 2.45) is 0 Å². The van der Waals surface area contributed by atoms with Crippen LogP contribution in [0.2, 0.25) is 0 Å². The lowest BCUT2D eigenvalue weighted by Gasteiger charge is -2.46. The summed E-state index contributed by atoms with van der Waals surface area (Å²) in [6.45, 7) is 1.37. The maximum atomic E-state index is 12.1. The molecule has 1 fully saturated rings. The number of hydrogen-bond donors (Lipinski definition) is 2. The van der Waals surface area contributed by atoms with E-state index < -0.39 is 16.9 Å². The molecule has 2 N–H and O–H groups in total. The van der Waals surface area contributed by atoms with Crippen LogP contribution in [0.1, 0.15) is 30.4 Å². The first-order chi connectivity index (χ1) is 13.9. The number of carbonyl (C=O) groups excluding carboxylic acids is 1. The number of hydrogen-bond acceptors (Lipinski definition) is 5. The summed E-state index contributed by atoms with van der Waals surface area (Å²) in [5.41, 5.74) is -2.97. The van der Waals surface area contributed by atoms with Gasteiger partial charge in [0.05, 0.1) is 7.11 Å². The van der Waals surface area contributed by atoms with Crippen LogP contribution < -0.4 is 10.1 Å². The molecule has 1 saturated heterocycles. The number of nitriles is 1. The average molecular weight is 390 g/mol. The van der Waals surface area contributed by atoms with Gasteiger partial charge in [0.2, 0.25) is 5.91 Å². The van der Waals surface area contributed by atoms with Crippen LogP contribution in [-0.4, -0.2) is 29.4 Å². The number of carbonyl (C=O) groups is 1. The minimum Gasteiger partial charge on any atom is -0.497 e. The molecule has 2 bridgehead atoms. The fourth-order valence-corrected chi connectivity index (χ4v) is 4.42. The van der Waals surface area contributed by atoms with Crippen LogP contribution in [0, 0.1) is 11.3 Å². The summed E-state index contributed by atoms with van der Waals surface area (Å²) in [6, 6.07) is 18.7. The normalized spacial score (nSPS) is 32.4. The second-order valence-electron chi connectivity index (χ2n) is 7.51. The fraction of sp³-hybridized carbons (Fsp3) is 0.304. The monoisotopic (exact) mass is 390 g/mol. The molecule has 1 amide bonds. The number of ether oxygens (including phenoxy) is 2. The van der Waals surface area contributed by atoms with E-state index in [1.54, 1.807) is 31.4 Å². The predicted molar refractivity (Wildman–Crippen MR) is 106 cm³/mol.